The summed E-state index contributed by atoms with van der Waals surface area (Å²) in [7, 11) is 1.65. The van der Waals surface area contributed by atoms with E-state index in [9.17, 15) is 4.79 Å². The number of hydrogen-bond acceptors (Lipinski definition) is 3. The minimum Gasteiger partial charge on any atom is -0.497 e. The smallest absolute Gasteiger partial charge is 0.227 e. The first-order valence-corrected chi connectivity index (χ1v) is 8.96. The summed E-state index contributed by atoms with van der Waals surface area (Å²) < 4.78 is 7.51. The molecule has 5 nitrogen and oxygen atoms in total. The lowest BCUT2D eigenvalue weighted by Gasteiger charge is -2.33. The van der Waals surface area contributed by atoms with Gasteiger partial charge in [0.2, 0.25) is 5.91 Å². The van der Waals surface area contributed by atoms with Gasteiger partial charge in [0.15, 0.2) is 0 Å². The maximum absolute atomic E-state index is 12.7. The van der Waals surface area contributed by atoms with Crippen molar-refractivity contribution in [3.05, 3.63) is 47.5 Å². The Bertz CT molecular complexity index is 719. The van der Waals surface area contributed by atoms with Gasteiger partial charge in [-0.1, -0.05) is 12.1 Å². The molecule has 0 spiro atoms. The third-order valence-corrected chi connectivity index (χ3v) is 5.06. The van der Waals surface area contributed by atoms with E-state index >= 15 is 0 Å². The molecule has 0 bridgehead atoms. The molecule has 0 N–H and O–H groups in total. The number of aryl methyl sites for hydroxylation is 2. The molecule has 1 aliphatic heterocycles. The first kappa shape index (κ1) is 17.5. The van der Waals surface area contributed by atoms with Crippen LogP contribution in [0.25, 0.3) is 0 Å². The van der Waals surface area contributed by atoms with Crippen molar-refractivity contribution in [1.29, 1.82) is 0 Å². The van der Waals surface area contributed by atoms with E-state index < -0.39 is 0 Å². The summed E-state index contributed by atoms with van der Waals surface area (Å²) in [5.41, 5.74) is 2.20. The lowest BCUT2D eigenvalue weighted by molar-refractivity contribution is -0.132. The van der Waals surface area contributed by atoms with Crippen LogP contribution in [0.1, 0.15) is 29.9 Å². The van der Waals surface area contributed by atoms with Crippen molar-refractivity contribution in [1.82, 2.24) is 14.5 Å². The van der Waals surface area contributed by atoms with Gasteiger partial charge >= 0.3 is 0 Å². The van der Waals surface area contributed by atoms with Crippen LogP contribution in [0.5, 0.6) is 5.75 Å². The van der Waals surface area contributed by atoms with Gasteiger partial charge in [-0.25, -0.2) is 4.98 Å². The molecule has 134 valence electrons. The van der Waals surface area contributed by atoms with Crippen LogP contribution in [0.2, 0.25) is 0 Å². The maximum atomic E-state index is 12.7. The molecule has 25 heavy (non-hydrogen) atoms. The zero-order chi connectivity index (χ0) is 17.8. The number of nitrogens with zero attached hydrogens (tertiary/aromatic N) is 3. The predicted octanol–water partition coefficient (Wildman–Crippen LogP) is 2.99. The Balaban J connectivity index is 1.61. The first-order chi connectivity index (χ1) is 12.1. The predicted molar refractivity (Wildman–Crippen MR) is 97.7 cm³/mol. The number of hydrogen-bond donors (Lipinski definition) is 0. The number of imidazole rings is 1. The normalized spacial score (nSPS) is 17.6. The molecule has 1 aromatic heterocycles. The highest BCUT2D eigenvalue weighted by atomic mass is 16.5. The number of aromatic nitrogens is 2. The number of ether oxygens (including phenoxy) is 1. The Morgan fingerprint density at radius 2 is 2.20 bits per heavy atom. The molecule has 0 saturated carbocycles. The fourth-order valence-corrected chi connectivity index (χ4v) is 3.63. The van der Waals surface area contributed by atoms with Crippen LogP contribution in [0.15, 0.2) is 30.5 Å². The second-order valence-corrected chi connectivity index (χ2v) is 6.93. The highest BCUT2D eigenvalue weighted by molar-refractivity contribution is 5.79. The van der Waals surface area contributed by atoms with Gasteiger partial charge < -0.3 is 14.2 Å². The number of benzene rings is 1. The highest BCUT2D eigenvalue weighted by Gasteiger charge is 2.24. The minimum atomic E-state index is 0.206. The Morgan fingerprint density at radius 1 is 1.36 bits per heavy atom. The molecule has 0 radical (unpaired) electrons. The summed E-state index contributed by atoms with van der Waals surface area (Å²) in [6.07, 6.45) is 4.60. The molecular weight excluding hydrogens is 314 g/mol. The summed E-state index contributed by atoms with van der Waals surface area (Å²) in [5, 5.41) is 0. The number of piperidine rings is 1. The van der Waals surface area contributed by atoms with Crippen molar-refractivity contribution in [2.45, 2.75) is 39.7 Å². The molecule has 1 atom stereocenters. The zero-order valence-electron chi connectivity index (χ0n) is 15.4. The van der Waals surface area contributed by atoms with Gasteiger partial charge in [0.1, 0.15) is 11.6 Å². The molecule has 2 aromatic rings. The van der Waals surface area contributed by atoms with Crippen LogP contribution in [-0.2, 0) is 17.8 Å². The number of rotatable bonds is 5. The average Bonchev–Trinajstić information content (AvgIpc) is 2.94. The molecule has 2 heterocycles. The van der Waals surface area contributed by atoms with Crippen LogP contribution < -0.4 is 4.74 Å². The van der Waals surface area contributed by atoms with E-state index in [1.54, 1.807) is 7.11 Å². The quantitative estimate of drug-likeness (QED) is 0.840. The second-order valence-electron chi connectivity index (χ2n) is 6.93. The second kappa shape index (κ2) is 7.72. The average molecular weight is 341 g/mol. The molecule has 1 fully saturated rings. The molecule has 1 amide bonds. The summed E-state index contributed by atoms with van der Waals surface area (Å²) in [4.78, 5) is 19.1. The fourth-order valence-electron chi connectivity index (χ4n) is 3.63. The van der Waals surface area contributed by atoms with E-state index in [0.29, 0.717) is 12.3 Å². The lowest BCUT2D eigenvalue weighted by Crippen LogP contribution is -2.42. The van der Waals surface area contributed by atoms with Gasteiger partial charge in [-0.3, -0.25) is 4.79 Å². The first-order valence-electron chi connectivity index (χ1n) is 8.96. The largest absolute Gasteiger partial charge is 0.497 e. The van der Waals surface area contributed by atoms with Gasteiger partial charge in [-0.15, -0.1) is 0 Å². The van der Waals surface area contributed by atoms with Gasteiger partial charge in [0.25, 0.3) is 0 Å². The van der Waals surface area contributed by atoms with E-state index in [1.807, 2.05) is 42.3 Å². The number of likely N-dealkylation sites (tertiary alicyclic amines) is 1. The molecule has 3 rings (SSSR count). The van der Waals surface area contributed by atoms with Gasteiger partial charge in [-0.2, -0.15) is 0 Å². The van der Waals surface area contributed by atoms with Crippen molar-refractivity contribution in [3.8, 4) is 5.75 Å². The lowest BCUT2D eigenvalue weighted by atomic mass is 9.97. The van der Waals surface area contributed by atoms with Crippen molar-refractivity contribution >= 4 is 5.91 Å². The standard InChI is InChI=1S/C20H27N3O2/c1-15-12-21-16(2)23(15)14-18-7-5-9-22(13-18)20(24)11-17-6-4-8-19(10-17)25-3/h4,6,8,10,12,18H,5,7,9,11,13-14H2,1-3H3. The van der Waals surface area contributed by atoms with Crippen LogP contribution in [-0.4, -0.2) is 40.6 Å². The summed E-state index contributed by atoms with van der Waals surface area (Å²) in [6.45, 7) is 6.78. The molecule has 5 heteroatoms. The molecular formula is C20H27N3O2. The van der Waals surface area contributed by atoms with Gasteiger partial charge in [0.05, 0.1) is 13.5 Å². The van der Waals surface area contributed by atoms with Crippen LogP contribution in [0.3, 0.4) is 0 Å². The maximum Gasteiger partial charge on any atom is 0.227 e. The summed E-state index contributed by atoms with van der Waals surface area (Å²) >= 11 is 0. The van der Waals surface area contributed by atoms with E-state index in [-0.39, 0.29) is 5.91 Å². The molecule has 1 unspecified atom stereocenters. The Kier molecular flexibility index (Phi) is 5.41. The van der Waals surface area contributed by atoms with Crippen molar-refractivity contribution < 1.29 is 9.53 Å². The number of carbonyl (C=O) groups is 1. The third-order valence-electron chi connectivity index (χ3n) is 5.06. The molecule has 0 aliphatic carbocycles. The number of methoxy groups -OCH3 is 1. The zero-order valence-corrected chi connectivity index (χ0v) is 15.4. The SMILES string of the molecule is COc1cccc(CC(=O)N2CCCC(Cn3c(C)cnc3C)C2)c1. The van der Waals surface area contributed by atoms with E-state index in [0.717, 1.165) is 43.2 Å². The topological polar surface area (TPSA) is 47.4 Å². The van der Waals surface area contributed by atoms with Gasteiger partial charge in [0, 0.05) is 31.5 Å². The molecule has 1 aromatic carbocycles. The number of carbonyl (C=O) groups excluding carboxylic acids is 1. The summed E-state index contributed by atoms with van der Waals surface area (Å²) in [6, 6.07) is 7.77. The monoisotopic (exact) mass is 341 g/mol. The third kappa shape index (κ3) is 4.21. The Labute approximate surface area is 149 Å². The summed E-state index contributed by atoms with van der Waals surface area (Å²) in [5.74, 6) is 2.55. The van der Waals surface area contributed by atoms with Crippen LogP contribution in [0.4, 0.5) is 0 Å². The van der Waals surface area contributed by atoms with E-state index in [1.165, 1.54) is 12.1 Å². The van der Waals surface area contributed by atoms with Crippen molar-refractivity contribution in [2.75, 3.05) is 20.2 Å². The minimum absolute atomic E-state index is 0.206. The van der Waals surface area contributed by atoms with Crippen molar-refractivity contribution in [2.24, 2.45) is 5.92 Å². The molecule has 1 saturated heterocycles. The van der Waals surface area contributed by atoms with E-state index in [4.69, 9.17) is 4.74 Å². The fraction of sp³-hybridized carbons (Fsp3) is 0.500. The number of amides is 1. The molecule has 1 aliphatic rings. The Morgan fingerprint density at radius 3 is 2.92 bits per heavy atom. The Hall–Kier alpha value is -2.30. The van der Waals surface area contributed by atoms with Crippen LogP contribution >= 0.6 is 0 Å². The highest BCUT2D eigenvalue weighted by Crippen LogP contribution is 2.21. The van der Waals surface area contributed by atoms with Gasteiger partial charge in [-0.05, 0) is 50.3 Å². The van der Waals surface area contributed by atoms with E-state index in [2.05, 4.69) is 16.5 Å². The van der Waals surface area contributed by atoms with Crippen molar-refractivity contribution in [3.63, 3.8) is 0 Å². The van der Waals surface area contributed by atoms with Crippen LogP contribution in [0, 0.1) is 19.8 Å².